The zero-order valence-electron chi connectivity index (χ0n) is 17.7. The number of hydrogen-bond donors (Lipinski definition) is 2. The number of allylic oxidation sites excluding steroid dienone is 1. The predicted octanol–water partition coefficient (Wildman–Crippen LogP) is 3.34. The fraction of sp³-hybridized carbons (Fsp3) is 0.360. The molecule has 2 aromatic carbocycles. The summed E-state index contributed by atoms with van der Waals surface area (Å²) in [5.41, 5.74) is 6.49. The molecule has 5 heteroatoms. The van der Waals surface area contributed by atoms with Gasteiger partial charge in [-0.15, -0.1) is 0 Å². The van der Waals surface area contributed by atoms with E-state index in [-0.39, 0.29) is 5.91 Å². The van der Waals surface area contributed by atoms with Gasteiger partial charge in [0.15, 0.2) is 0 Å². The van der Waals surface area contributed by atoms with Crippen molar-refractivity contribution < 1.29 is 4.79 Å². The second kappa shape index (κ2) is 9.26. The minimum absolute atomic E-state index is 0.121. The first kappa shape index (κ1) is 20.4. The fourth-order valence-corrected chi connectivity index (χ4v) is 4.51. The lowest BCUT2D eigenvalue weighted by molar-refractivity contribution is 0.0730. The average Bonchev–Trinajstić information content (AvgIpc) is 2.79. The fourth-order valence-electron chi connectivity index (χ4n) is 4.51. The van der Waals surface area contributed by atoms with Crippen LogP contribution in [-0.4, -0.2) is 55.1 Å². The van der Waals surface area contributed by atoms with Crippen LogP contribution in [0.1, 0.15) is 39.0 Å². The van der Waals surface area contributed by atoms with Gasteiger partial charge in [-0.25, -0.2) is 0 Å². The standard InChI is InChI=1S/C25H30N4O/c1-27-17-23(16-26)21-8-7-20-10-14-29(25(30)24(20)15-21)12-4-11-28-13-9-19-5-2-3-6-22(19)18-28/h2-3,5-8,15-17,26-27H,4,9-14,18H2,1H3/b23-17+,26-16?. The number of nitrogens with one attached hydrogen (secondary N) is 2. The van der Waals surface area contributed by atoms with E-state index in [2.05, 4.69) is 34.5 Å². The summed E-state index contributed by atoms with van der Waals surface area (Å²) in [4.78, 5) is 17.6. The Labute approximate surface area is 178 Å². The molecule has 2 aliphatic heterocycles. The van der Waals surface area contributed by atoms with Gasteiger partial charge in [0.1, 0.15) is 0 Å². The van der Waals surface area contributed by atoms with Gasteiger partial charge in [0.05, 0.1) is 0 Å². The van der Waals surface area contributed by atoms with E-state index in [1.165, 1.54) is 17.3 Å². The molecule has 2 heterocycles. The second-order valence-electron chi connectivity index (χ2n) is 8.10. The molecule has 0 spiro atoms. The molecule has 0 fully saturated rings. The maximum absolute atomic E-state index is 13.1. The van der Waals surface area contributed by atoms with Crippen LogP contribution in [0.25, 0.3) is 5.57 Å². The molecule has 0 atom stereocenters. The molecular weight excluding hydrogens is 372 g/mol. The van der Waals surface area contributed by atoms with Crippen molar-refractivity contribution in [3.05, 3.63) is 76.5 Å². The molecule has 0 aliphatic carbocycles. The number of nitrogens with zero attached hydrogens (tertiary/aromatic N) is 2. The monoisotopic (exact) mass is 402 g/mol. The van der Waals surface area contributed by atoms with Gasteiger partial charge < -0.3 is 15.6 Å². The maximum atomic E-state index is 13.1. The van der Waals surface area contributed by atoms with E-state index in [4.69, 9.17) is 5.41 Å². The number of benzene rings is 2. The van der Waals surface area contributed by atoms with Gasteiger partial charge in [-0.1, -0.05) is 36.4 Å². The van der Waals surface area contributed by atoms with Gasteiger partial charge in [-0.2, -0.15) is 0 Å². The number of fused-ring (bicyclic) bond motifs is 2. The first-order valence-corrected chi connectivity index (χ1v) is 10.8. The summed E-state index contributed by atoms with van der Waals surface area (Å²) in [6, 6.07) is 14.7. The Morgan fingerprint density at radius 3 is 2.67 bits per heavy atom. The van der Waals surface area contributed by atoms with Crippen molar-refractivity contribution in [3.63, 3.8) is 0 Å². The van der Waals surface area contributed by atoms with Crippen LogP contribution in [0.5, 0.6) is 0 Å². The van der Waals surface area contributed by atoms with Gasteiger partial charge in [0.25, 0.3) is 5.91 Å². The molecule has 0 radical (unpaired) electrons. The lowest BCUT2D eigenvalue weighted by Gasteiger charge is -2.31. The Kier molecular flexibility index (Phi) is 6.29. The highest BCUT2D eigenvalue weighted by Crippen LogP contribution is 2.24. The molecule has 2 N–H and O–H groups in total. The molecule has 156 valence electrons. The number of carbonyl (C=O) groups is 1. The largest absolute Gasteiger partial charge is 0.393 e. The van der Waals surface area contributed by atoms with E-state index in [0.29, 0.717) is 0 Å². The number of amides is 1. The normalized spacial score (nSPS) is 16.8. The summed E-state index contributed by atoms with van der Waals surface area (Å²) >= 11 is 0. The third kappa shape index (κ3) is 4.31. The van der Waals surface area contributed by atoms with Gasteiger partial charge in [-0.3, -0.25) is 9.69 Å². The van der Waals surface area contributed by atoms with E-state index < -0.39 is 0 Å². The molecule has 4 rings (SSSR count). The summed E-state index contributed by atoms with van der Waals surface area (Å²) < 4.78 is 0. The minimum atomic E-state index is 0.121. The van der Waals surface area contributed by atoms with Gasteiger partial charge in [0.2, 0.25) is 0 Å². The van der Waals surface area contributed by atoms with Gasteiger partial charge >= 0.3 is 0 Å². The predicted molar refractivity (Wildman–Crippen MR) is 122 cm³/mol. The summed E-state index contributed by atoms with van der Waals surface area (Å²) in [6.45, 7) is 4.72. The highest BCUT2D eigenvalue weighted by atomic mass is 16.2. The zero-order chi connectivity index (χ0) is 20.9. The van der Waals surface area contributed by atoms with Gasteiger partial charge in [-0.05, 0) is 47.6 Å². The molecule has 2 aliphatic rings. The SMILES string of the molecule is CN/C=C(\C=N)c1ccc2c(c1)C(=O)N(CCCN1CCc3ccccc3C1)CC2. The van der Waals surface area contributed by atoms with E-state index >= 15 is 0 Å². The third-order valence-corrected chi connectivity index (χ3v) is 6.18. The second-order valence-corrected chi connectivity index (χ2v) is 8.10. The van der Waals surface area contributed by atoms with Crippen LogP contribution in [0.2, 0.25) is 0 Å². The number of carbonyl (C=O) groups excluding carboxylic acids is 1. The van der Waals surface area contributed by atoms with E-state index in [0.717, 1.165) is 74.2 Å². The van der Waals surface area contributed by atoms with E-state index in [1.54, 1.807) is 6.20 Å². The summed E-state index contributed by atoms with van der Waals surface area (Å²) in [5.74, 6) is 0.121. The summed E-state index contributed by atoms with van der Waals surface area (Å²) in [5, 5.41) is 10.6. The molecule has 30 heavy (non-hydrogen) atoms. The molecule has 5 nitrogen and oxygen atoms in total. The van der Waals surface area contributed by atoms with E-state index in [1.807, 2.05) is 30.1 Å². The quantitative estimate of drug-likeness (QED) is 0.699. The highest BCUT2D eigenvalue weighted by Gasteiger charge is 2.25. The Hall–Kier alpha value is -2.92. The molecule has 0 bridgehead atoms. The molecule has 0 saturated heterocycles. The smallest absolute Gasteiger partial charge is 0.254 e. The average molecular weight is 403 g/mol. The van der Waals surface area contributed by atoms with Crippen LogP contribution < -0.4 is 5.32 Å². The third-order valence-electron chi connectivity index (χ3n) is 6.18. The zero-order valence-corrected chi connectivity index (χ0v) is 17.7. The van der Waals surface area contributed by atoms with Crippen LogP contribution in [-0.2, 0) is 19.4 Å². The molecule has 0 saturated carbocycles. The molecule has 2 aromatic rings. The Morgan fingerprint density at radius 1 is 1.07 bits per heavy atom. The Bertz CT molecular complexity index is 965. The maximum Gasteiger partial charge on any atom is 0.254 e. The van der Waals surface area contributed by atoms with Crippen molar-refractivity contribution >= 4 is 17.7 Å². The topological polar surface area (TPSA) is 59.4 Å². The first-order valence-electron chi connectivity index (χ1n) is 10.8. The van der Waals surface area contributed by atoms with Crippen molar-refractivity contribution in [1.29, 1.82) is 5.41 Å². The minimum Gasteiger partial charge on any atom is -0.393 e. The molecule has 0 aromatic heterocycles. The van der Waals surface area contributed by atoms with Crippen LogP contribution in [0.3, 0.4) is 0 Å². The summed E-state index contributed by atoms with van der Waals surface area (Å²) in [7, 11) is 1.82. The van der Waals surface area contributed by atoms with Crippen molar-refractivity contribution in [2.45, 2.75) is 25.8 Å². The van der Waals surface area contributed by atoms with E-state index in [9.17, 15) is 4.79 Å². The lowest BCUT2D eigenvalue weighted by Crippen LogP contribution is -2.40. The van der Waals surface area contributed by atoms with Crippen molar-refractivity contribution in [2.75, 3.05) is 33.2 Å². The summed E-state index contributed by atoms with van der Waals surface area (Å²) in [6.07, 6.45) is 6.11. The highest BCUT2D eigenvalue weighted by molar-refractivity contribution is 6.09. The first-order chi connectivity index (χ1) is 14.7. The molecule has 1 amide bonds. The van der Waals surface area contributed by atoms with Crippen LogP contribution in [0, 0.1) is 5.41 Å². The van der Waals surface area contributed by atoms with Crippen molar-refractivity contribution in [2.24, 2.45) is 0 Å². The molecule has 0 unspecified atom stereocenters. The van der Waals surface area contributed by atoms with Crippen molar-refractivity contribution in [1.82, 2.24) is 15.1 Å². The van der Waals surface area contributed by atoms with Gasteiger partial charge in [0, 0.05) is 63.3 Å². The van der Waals surface area contributed by atoms with Crippen LogP contribution in [0.15, 0.2) is 48.7 Å². The number of rotatable bonds is 7. The number of hydrogen-bond acceptors (Lipinski definition) is 4. The Morgan fingerprint density at radius 2 is 1.87 bits per heavy atom. The van der Waals surface area contributed by atoms with Crippen molar-refractivity contribution in [3.8, 4) is 0 Å². The Balaban J connectivity index is 1.37. The van der Waals surface area contributed by atoms with Crippen LogP contribution >= 0.6 is 0 Å². The lowest BCUT2D eigenvalue weighted by atomic mass is 9.94. The van der Waals surface area contributed by atoms with Crippen LogP contribution in [0.4, 0.5) is 0 Å². The molecular formula is C25H30N4O.